The van der Waals surface area contributed by atoms with Gasteiger partial charge in [0.25, 0.3) is 5.69 Å². The Morgan fingerprint density at radius 3 is 2.80 bits per heavy atom. The number of benzene rings is 1. The molecule has 6 nitrogen and oxygen atoms in total. The minimum atomic E-state index is -3.89. The lowest BCUT2D eigenvalue weighted by Gasteiger charge is -2.22. The van der Waals surface area contributed by atoms with Gasteiger partial charge in [-0.1, -0.05) is 15.9 Å². The molecule has 20 heavy (non-hydrogen) atoms. The highest BCUT2D eigenvalue weighted by Gasteiger charge is 2.29. The second-order valence-electron chi connectivity index (χ2n) is 4.40. The lowest BCUT2D eigenvalue weighted by atomic mass is 10.2. The molecule has 9 heteroatoms. The Labute approximate surface area is 129 Å². The van der Waals surface area contributed by atoms with E-state index in [4.69, 9.17) is 0 Å². The second kappa shape index (κ2) is 6.42. The monoisotopic (exact) mass is 380 g/mol. The van der Waals surface area contributed by atoms with Gasteiger partial charge >= 0.3 is 0 Å². The van der Waals surface area contributed by atoms with Crippen LogP contribution in [0.15, 0.2) is 27.6 Å². The van der Waals surface area contributed by atoms with Gasteiger partial charge in [-0.3, -0.25) is 10.1 Å². The Bertz CT molecular complexity index is 615. The molecule has 1 aliphatic rings. The quantitative estimate of drug-likeness (QED) is 0.640. The summed E-state index contributed by atoms with van der Waals surface area (Å²) >= 11 is 4.83. The predicted octanol–water partition coefficient (Wildman–Crippen LogP) is 2.53. The molecule has 2 rings (SSSR count). The van der Waals surface area contributed by atoms with Crippen molar-refractivity contribution in [3.8, 4) is 0 Å². The first-order valence-electron chi connectivity index (χ1n) is 5.94. The van der Waals surface area contributed by atoms with Gasteiger partial charge in [0.15, 0.2) is 4.90 Å². The molecule has 0 aliphatic carbocycles. The Kier molecular flexibility index (Phi) is 5.05. The molecular formula is C11H13BrN2O4S2. The van der Waals surface area contributed by atoms with Gasteiger partial charge in [-0.2, -0.15) is 11.8 Å². The SMILES string of the molecule is O=[N+]([O-])c1ccc(Br)cc1S(=O)(=O)NC1CCCSC1. The van der Waals surface area contributed by atoms with Crippen molar-refractivity contribution in [1.82, 2.24) is 4.72 Å². The molecule has 0 amide bonds. The summed E-state index contributed by atoms with van der Waals surface area (Å²) in [7, 11) is -3.89. The highest BCUT2D eigenvalue weighted by atomic mass is 79.9. The summed E-state index contributed by atoms with van der Waals surface area (Å²) in [4.78, 5) is 9.98. The van der Waals surface area contributed by atoms with Crippen molar-refractivity contribution < 1.29 is 13.3 Å². The average molecular weight is 381 g/mol. The highest BCUT2D eigenvalue weighted by Crippen LogP contribution is 2.28. The first-order valence-corrected chi connectivity index (χ1v) is 9.37. The number of nitrogens with zero attached hydrogens (tertiary/aromatic N) is 1. The van der Waals surface area contributed by atoms with Crippen LogP contribution < -0.4 is 4.72 Å². The van der Waals surface area contributed by atoms with Crippen LogP contribution >= 0.6 is 27.7 Å². The van der Waals surface area contributed by atoms with E-state index in [-0.39, 0.29) is 10.9 Å². The number of hydrogen-bond donors (Lipinski definition) is 1. The van der Waals surface area contributed by atoms with Crippen LogP contribution in [0.4, 0.5) is 5.69 Å². The Balaban J connectivity index is 2.32. The van der Waals surface area contributed by atoms with E-state index in [2.05, 4.69) is 20.7 Å². The Morgan fingerprint density at radius 1 is 1.45 bits per heavy atom. The van der Waals surface area contributed by atoms with Crippen molar-refractivity contribution in [3.05, 3.63) is 32.8 Å². The van der Waals surface area contributed by atoms with Gasteiger partial charge in [-0.15, -0.1) is 0 Å². The van der Waals surface area contributed by atoms with E-state index in [0.29, 0.717) is 10.2 Å². The summed E-state index contributed by atoms with van der Waals surface area (Å²) in [6.07, 6.45) is 1.70. The molecular weight excluding hydrogens is 368 g/mol. The number of halogens is 1. The molecule has 1 saturated heterocycles. The van der Waals surface area contributed by atoms with E-state index >= 15 is 0 Å². The normalized spacial score (nSPS) is 19.8. The average Bonchev–Trinajstić information content (AvgIpc) is 2.39. The van der Waals surface area contributed by atoms with Gasteiger partial charge in [-0.25, -0.2) is 13.1 Å². The van der Waals surface area contributed by atoms with Crippen LogP contribution in [-0.2, 0) is 10.0 Å². The van der Waals surface area contributed by atoms with Gasteiger partial charge in [0, 0.05) is 22.3 Å². The van der Waals surface area contributed by atoms with Crippen molar-refractivity contribution >= 4 is 43.4 Å². The lowest BCUT2D eigenvalue weighted by Crippen LogP contribution is -2.38. The fourth-order valence-corrected chi connectivity index (χ4v) is 5.13. The third kappa shape index (κ3) is 3.72. The largest absolute Gasteiger partial charge is 0.289 e. The number of nitro benzene ring substituents is 1. The Morgan fingerprint density at radius 2 is 2.20 bits per heavy atom. The summed E-state index contributed by atoms with van der Waals surface area (Å²) < 4.78 is 27.7. The predicted molar refractivity (Wildman–Crippen MR) is 81.5 cm³/mol. The van der Waals surface area contributed by atoms with E-state index in [1.807, 2.05) is 0 Å². The summed E-state index contributed by atoms with van der Waals surface area (Å²) in [6.45, 7) is 0. The maximum absolute atomic E-state index is 12.3. The first kappa shape index (κ1) is 15.7. The molecule has 0 radical (unpaired) electrons. The molecule has 0 saturated carbocycles. The maximum atomic E-state index is 12.3. The summed E-state index contributed by atoms with van der Waals surface area (Å²) in [5, 5.41) is 11.0. The van der Waals surface area contributed by atoms with Crippen LogP contribution in [0.3, 0.4) is 0 Å². The van der Waals surface area contributed by atoms with E-state index in [1.165, 1.54) is 18.2 Å². The van der Waals surface area contributed by atoms with Crippen LogP contribution in [0.2, 0.25) is 0 Å². The van der Waals surface area contributed by atoms with E-state index < -0.39 is 20.6 Å². The van der Waals surface area contributed by atoms with Crippen LogP contribution in [0, 0.1) is 10.1 Å². The fourth-order valence-electron chi connectivity index (χ4n) is 1.97. The molecule has 110 valence electrons. The number of nitrogens with one attached hydrogen (secondary N) is 1. The molecule has 1 heterocycles. The number of sulfonamides is 1. The third-order valence-electron chi connectivity index (χ3n) is 2.89. The number of nitro groups is 1. The molecule has 0 spiro atoms. The zero-order valence-corrected chi connectivity index (χ0v) is 13.6. The minimum Gasteiger partial charge on any atom is -0.258 e. The molecule has 1 aliphatic heterocycles. The topological polar surface area (TPSA) is 89.3 Å². The van der Waals surface area contributed by atoms with Crippen molar-refractivity contribution in [2.24, 2.45) is 0 Å². The van der Waals surface area contributed by atoms with E-state index in [9.17, 15) is 18.5 Å². The van der Waals surface area contributed by atoms with Gasteiger partial charge in [0.2, 0.25) is 10.0 Å². The van der Waals surface area contributed by atoms with E-state index in [0.717, 1.165) is 18.6 Å². The van der Waals surface area contributed by atoms with Crippen LogP contribution in [0.25, 0.3) is 0 Å². The highest BCUT2D eigenvalue weighted by molar-refractivity contribution is 9.10. The second-order valence-corrected chi connectivity index (χ2v) is 8.15. The molecule has 1 aromatic rings. The van der Waals surface area contributed by atoms with Crippen LogP contribution in [0.5, 0.6) is 0 Å². The zero-order valence-electron chi connectivity index (χ0n) is 10.4. The molecule has 1 N–H and O–H groups in total. The molecule has 0 bridgehead atoms. The maximum Gasteiger partial charge on any atom is 0.289 e. The third-order valence-corrected chi connectivity index (χ3v) is 6.15. The van der Waals surface area contributed by atoms with Gasteiger partial charge in [0.05, 0.1) is 4.92 Å². The molecule has 1 unspecified atom stereocenters. The standard InChI is InChI=1S/C11H13BrN2O4S2/c12-8-3-4-10(14(15)16)11(6-8)20(17,18)13-9-2-1-5-19-7-9/h3-4,6,9,13H,1-2,5,7H2. The van der Waals surface area contributed by atoms with Gasteiger partial charge < -0.3 is 0 Å². The first-order chi connectivity index (χ1) is 9.40. The summed E-state index contributed by atoms with van der Waals surface area (Å²) in [5.41, 5.74) is -0.413. The minimum absolute atomic E-state index is 0.169. The number of hydrogen-bond acceptors (Lipinski definition) is 5. The van der Waals surface area contributed by atoms with Crippen LogP contribution in [0.1, 0.15) is 12.8 Å². The van der Waals surface area contributed by atoms with Crippen LogP contribution in [-0.4, -0.2) is 30.9 Å². The van der Waals surface area contributed by atoms with Crippen molar-refractivity contribution in [1.29, 1.82) is 0 Å². The Hall–Kier alpha value is -0.640. The smallest absolute Gasteiger partial charge is 0.258 e. The summed E-state index contributed by atoms with van der Waals surface area (Å²) in [5.74, 6) is 1.72. The van der Waals surface area contributed by atoms with Gasteiger partial charge in [0.1, 0.15) is 0 Å². The van der Waals surface area contributed by atoms with E-state index in [1.54, 1.807) is 11.8 Å². The molecule has 1 atom stereocenters. The summed E-state index contributed by atoms with van der Waals surface area (Å²) in [6, 6.07) is 3.73. The molecule has 1 aromatic carbocycles. The van der Waals surface area contributed by atoms with Crippen molar-refractivity contribution in [2.45, 2.75) is 23.8 Å². The zero-order chi connectivity index (χ0) is 14.8. The van der Waals surface area contributed by atoms with Gasteiger partial charge in [-0.05, 0) is 30.7 Å². The number of thioether (sulfide) groups is 1. The molecule has 0 aromatic heterocycles. The lowest BCUT2D eigenvalue weighted by molar-refractivity contribution is -0.387. The fraction of sp³-hybridized carbons (Fsp3) is 0.455. The molecule has 1 fully saturated rings. The van der Waals surface area contributed by atoms with Crippen molar-refractivity contribution in [3.63, 3.8) is 0 Å². The number of rotatable bonds is 4. The van der Waals surface area contributed by atoms with Crippen molar-refractivity contribution in [2.75, 3.05) is 11.5 Å².